The van der Waals surface area contributed by atoms with Crippen LogP contribution in [0.25, 0.3) is 10.9 Å². The average molecular weight is 433 g/mol. The Hall–Kier alpha value is -3.59. The van der Waals surface area contributed by atoms with E-state index in [1.807, 2.05) is 40.6 Å². The fraction of sp³-hybridized carbons (Fsp3) is 0.227. The number of fused-ring (bicyclic) bond motifs is 1. The Bertz CT molecular complexity index is 1270. The van der Waals surface area contributed by atoms with Crippen molar-refractivity contribution in [1.29, 1.82) is 0 Å². The van der Waals surface area contributed by atoms with Crippen LogP contribution in [0.5, 0.6) is 0 Å². The summed E-state index contributed by atoms with van der Waals surface area (Å²) in [7, 11) is 1.79. The van der Waals surface area contributed by atoms with Crippen LogP contribution in [0, 0.1) is 0 Å². The number of carbonyl (C=O) groups is 2. The molecule has 0 radical (unpaired) electrons. The first kappa shape index (κ1) is 19.4. The number of aryl methyl sites for hydroxylation is 1. The van der Waals surface area contributed by atoms with Gasteiger partial charge in [0, 0.05) is 54.9 Å². The smallest absolute Gasteiger partial charge is 0.258 e. The molecule has 9 heteroatoms. The normalized spacial score (nSPS) is 16.0. The van der Waals surface area contributed by atoms with E-state index in [0.29, 0.717) is 29.3 Å². The first-order valence-corrected chi connectivity index (χ1v) is 10.8. The minimum Gasteiger partial charge on any atom is -0.338 e. The van der Waals surface area contributed by atoms with Crippen molar-refractivity contribution in [3.05, 3.63) is 71.1 Å². The van der Waals surface area contributed by atoms with Gasteiger partial charge in [-0.3, -0.25) is 24.6 Å². The van der Waals surface area contributed by atoms with Crippen molar-refractivity contribution in [2.75, 3.05) is 18.4 Å². The lowest BCUT2D eigenvalue weighted by Gasteiger charge is -2.16. The number of benzene rings is 1. The molecule has 3 aromatic heterocycles. The molecule has 1 atom stereocenters. The Morgan fingerprint density at radius 2 is 2.13 bits per heavy atom. The van der Waals surface area contributed by atoms with Gasteiger partial charge in [-0.05, 0) is 18.6 Å². The summed E-state index contributed by atoms with van der Waals surface area (Å²) in [5.41, 5.74) is 2.73. The maximum atomic E-state index is 13.0. The highest BCUT2D eigenvalue weighted by Gasteiger charge is 2.30. The van der Waals surface area contributed by atoms with Crippen LogP contribution in [0.4, 0.5) is 5.13 Å². The van der Waals surface area contributed by atoms with Gasteiger partial charge in [0.15, 0.2) is 5.13 Å². The molecule has 2 amide bonds. The highest BCUT2D eigenvalue weighted by Crippen LogP contribution is 2.30. The van der Waals surface area contributed by atoms with Crippen molar-refractivity contribution in [3.8, 4) is 0 Å². The van der Waals surface area contributed by atoms with E-state index in [0.717, 1.165) is 23.0 Å². The zero-order valence-corrected chi connectivity index (χ0v) is 17.7. The number of amides is 2. The topological polar surface area (TPSA) is 93.0 Å². The van der Waals surface area contributed by atoms with Crippen molar-refractivity contribution >= 4 is 39.2 Å². The number of carbonyl (C=O) groups excluding carboxylic acids is 2. The van der Waals surface area contributed by atoms with E-state index in [1.54, 1.807) is 30.3 Å². The average Bonchev–Trinajstić information content (AvgIpc) is 3.54. The van der Waals surface area contributed by atoms with Crippen LogP contribution in [-0.2, 0) is 7.05 Å². The van der Waals surface area contributed by atoms with Crippen LogP contribution in [0.1, 0.15) is 38.7 Å². The molecule has 1 fully saturated rings. The van der Waals surface area contributed by atoms with Crippen LogP contribution in [-0.4, -0.2) is 49.6 Å². The second kappa shape index (κ2) is 7.92. The number of anilines is 1. The van der Waals surface area contributed by atoms with Gasteiger partial charge >= 0.3 is 0 Å². The second-order valence-corrected chi connectivity index (χ2v) is 8.44. The molecule has 31 heavy (non-hydrogen) atoms. The van der Waals surface area contributed by atoms with Crippen LogP contribution in [0.15, 0.2) is 54.3 Å². The minimum absolute atomic E-state index is 0.0295. The van der Waals surface area contributed by atoms with E-state index in [-0.39, 0.29) is 17.7 Å². The monoisotopic (exact) mass is 432 g/mol. The second-order valence-electron chi connectivity index (χ2n) is 7.54. The highest BCUT2D eigenvalue weighted by atomic mass is 32.1. The first-order chi connectivity index (χ1) is 15.1. The number of aromatic nitrogens is 4. The standard InChI is InChI=1S/C22H20N6O2S/c1-27-12-15(11-24-27)21(30)28-8-6-14(13-28)19-10-17(16-4-2-3-5-18(16)25-19)20(29)26-22-23-7-9-31-22/h2-5,7,9-12,14H,6,8,13H2,1H3,(H,23,26,29). The maximum Gasteiger partial charge on any atom is 0.258 e. The number of thiazole rings is 1. The molecule has 4 heterocycles. The third-order valence-corrected chi connectivity index (χ3v) is 6.17. The summed E-state index contributed by atoms with van der Waals surface area (Å²) < 4.78 is 1.62. The third kappa shape index (κ3) is 3.79. The molecular formula is C22H20N6O2S. The third-order valence-electron chi connectivity index (χ3n) is 5.48. The fourth-order valence-corrected chi connectivity index (χ4v) is 4.47. The molecule has 0 spiro atoms. The highest BCUT2D eigenvalue weighted by molar-refractivity contribution is 7.13. The molecule has 8 nitrogen and oxygen atoms in total. The minimum atomic E-state index is -0.212. The van der Waals surface area contributed by atoms with E-state index in [4.69, 9.17) is 4.98 Å². The van der Waals surface area contributed by atoms with Gasteiger partial charge < -0.3 is 4.90 Å². The van der Waals surface area contributed by atoms with E-state index in [9.17, 15) is 9.59 Å². The fourth-order valence-electron chi connectivity index (χ4n) is 3.94. The van der Waals surface area contributed by atoms with Crippen molar-refractivity contribution < 1.29 is 9.59 Å². The molecule has 0 bridgehead atoms. The van der Waals surface area contributed by atoms with Crippen LogP contribution < -0.4 is 5.32 Å². The van der Waals surface area contributed by atoms with Crippen LogP contribution in [0.3, 0.4) is 0 Å². The van der Waals surface area contributed by atoms with Gasteiger partial charge in [-0.2, -0.15) is 5.10 Å². The van der Waals surface area contributed by atoms with E-state index in [2.05, 4.69) is 15.4 Å². The Morgan fingerprint density at radius 3 is 2.90 bits per heavy atom. The van der Waals surface area contributed by atoms with Crippen molar-refractivity contribution in [3.63, 3.8) is 0 Å². The molecule has 1 unspecified atom stereocenters. The van der Waals surface area contributed by atoms with Crippen molar-refractivity contribution in [2.45, 2.75) is 12.3 Å². The molecule has 5 rings (SSSR count). The number of nitrogens with zero attached hydrogens (tertiary/aromatic N) is 5. The van der Waals surface area contributed by atoms with Gasteiger partial charge in [0.1, 0.15) is 0 Å². The summed E-state index contributed by atoms with van der Waals surface area (Å²) >= 11 is 1.37. The number of pyridine rings is 1. The van der Waals surface area contributed by atoms with Crippen molar-refractivity contribution in [1.82, 2.24) is 24.6 Å². The number of hydrogen-bond acceptors (Lipinski definition) is 6. The predicted molar refractivity (Wildman–Crippen MR) is 118 cm³/mol. The Labute approximate surface area is 182 Å². The molecule has 0 saturated carbocycles. The molecule has 156 valence electrons. The van der Waals surface area contributed by atoms with E-state index < -0.39 is 0 Å². The van der Waals surface area contributed by atoms with Gasteiger partial charge in [-0.15, -0.1) is 11.3 Å². The lowest BCUT2D eigenvalue weighted by molar-refractivity contribution is 0.0790. The number of likely N-dealkylation sites (tertiary alicyclic amines) is 1. The molecule has 1 aliphatic rings. The zero-order chi connectivity index (χ0) is 21.4. The summed E-state index contributed by atoms with van der Waals surface area (Å²) in [5, 5.41) is 10.1. The first-order valence-electron chi connectivity index (χ1n) is 9.97. The molecule has 1 saturated heterocycles. The predicted octanol–water partition coefficient (Wildman–Crippen LogP) is 3.31. The van der Waals surface area contributed by atoms with Crippen LogP contribution in [0.2, 0.25) is 0 Å². The molecular weight excluding hydrogens is 412 g/mol. The van der Waals surface area contributed by atoms with E-state index in [1.165, 1.54) is 11.3 Å². The molecule has 0 aliphatic carbocycles. The van der Waals surface area contributed by atoms with Crippen molar-refractivity contribution in [2.24, 2.45) is 7.05 Å². The number of para-hydroxylation sites is 1. The zero-order valence-electron chi connectivity index (χ0n) is 16.9. The number of nitrogens with one attached hydrogen (secondary N) is 1. The van der Waals surface area contributed by atoms with Gasteiger partial charge in [-0.1, -0.05) is 18.2 Å². The summed E-state index contributed by atoms with van der Waals surface area (Å²) in [5.74, 6) is -0.175. The molecule has 1 aliphatic heterocycles. The largest absolute Gasteiger partial charge is 0.338 e. The molecule has 4 aromatic rings. The number of hydrogen-bond donors (Lipinski definition) is 1. The lowest BCUT2D eigenvalue weighted by atomic mass is 9.99. The van der Waals surface area contributed by atoms with Crippen LogP contribution >= 0.6 is 11.3 Å². The summed E-state index contributed by atoms with van der Waals surface area (Å²) in [6, 6.07) is 9.47. The Balaban J connectivity index is 1.43. The Kier molecular flexibility index (Phi) is 4.95. The molecule has 1 aromatic carbocycles. The van der Waals surface area contributed by atoms with E-state index >= 15 is 0 Å². The summed E-state index contributed by atoms with van der Waals surface area (Å²) in [6.45, 7) is 1.21. The summed E-state index contributed by atoms with van der Waals surface area (Å²) in [6.07, 6.45) is 5.77. The lowest BCUT2D eigenvalue weighted by Crippen LogP contribution is -2.28. The molecule has 1 N–H and O–H groups in total. The Morgan fingerprint density at radius 1 is 1.26 bits per heavy atom. The van der Waals surface area contributed by atoms with Gasteiger partial charge in [0.25, 0.3) is 11.8 Å². The SMILES string of the molecule is Cn1cc(C(=O)N2CCC(c3cc(C(=O)Nc4nccs4)c4ccccc4n3)C2)cn1. The summed E-state index contributed by atoms with van der Waals surface area (Å²) in [4.78, 5) is 36.6. The quantitative estimate of drug-likeness (QED) is 0.534. The maximum absolute atomic E-state index is 13.0. The number of rotatable bonds is 4. The van der Waals surface area contributed by atoms with Gasteiger partial charge in [0.05, 0.1) is 22.8 Å². The van der Waals surface area contributed by atoms with Gasteiger partial charge in [-0.25, -0.2) is 4.98 Å². The van der Waals surface area contributed by atoms with Gasteiger partial charge in [0.2, 0.25) is 0 Å².